The zero-order valence-corrected chi connectivity index (χ0v) is 13.9. The maximum absolute atomic E-state index is 12.1. The highest BCUT2D eigenvalue weighted by Crippen LogP contribution is 2.31. The minimum Gasteiger partial charge on any atom is -0.289 e. The Kier molecular flexibility index (Phi) is 4.98. The lowest BCUT2D eigenvalue weighted by molar-refractivity contribution is -0.132. The van der Waals surface area contributed by atoms with Crippen molar-refractivity contribution in [3.63, 3.8) is 0 Å². The number of hydrogen-bond donors (Lipinski definition) is 3. The second-order valence-electron chi connectivity index (χ2n) is 6.18. The molecule has 1 aromatic heterocycles. The lowest BCUT2D eigenvalue weighted by Gasteiger charge is -2.37. The molecule has 2 atom stereocenters. The molecule has 8 heteroatoms. The number of aromatic nitrogens is 1. The van der Waals surface area contributed by atoms with Gasteiger partial charge in [-0.1, -0.05) is 26.8 Å². The van der Waals surface area contributed by atoms with Crippen molar-refractivity contribution < 1.29 is 18.8 Å². The smallest absolute Gasteiger partial charge is 0.267 e. The number of nitrogens with zero attached hydrogens (tertiary/aromatic N) is 2. The summed E-state index contributed by atoms with van der Waals surface area (Å²) >= 11 is -2.45. The molecule has 124 valence electrons. The zero-order valence-electron chi connectivity index (χ0n) is 13.1. The summed E-state index contributed by atoms with van der Waals surface area (Å²) in [5.41, 5.74) is 2.00. The Labute approximate surface area is 136 Å². The van der Waals surface area contributed by atoms with Crippen molar-refractivity contribution in [2.45, 2.75) is 26.8 Å². The van der Waals surface area contributed by atoms with E-state index in [1.54, 1.807) is 56.7 Å². The first-order valence-corrected chi connectivity index (χ1v) is 8.01. The van der Waals surface area contributed by atoms with Gasteiger partial charge >= 0.3 is 0 Å². The number of nitrogens with one attached hydrogen (secondary N) is 1. The van der Waals surface area contributed by atoms with Crippen molar-refractivity contribution >= 4 is 33.8 Å². The molecule has 3 N–H and O–H groups in total. The van der Waals surface area contributed by atoms with Crippen molar-refractivity contribution in [3.8, 4) is 0 Å². The summed E-state index contributed by atoms with van der Waals surface area (Å²) in [5, 5.41) is 9.78. The monoisotopic (exact) mass is 337 g/mol. The Bertz CT molecular complexity index is 745. The Balaban J connectivity index is 2.58. The zero-order chi connectivity index (χ0) is 17.2. The maximum Gasteiger partial charge on any atom is 0.267 e. The second-order valence-corrected chi connectivity index (χ2v) is 7.04. The molecule has 0 aliphatic heterocycles. The molecule has 1 amide bonds. The predicted molar refractivity (Wildman–Crippen MR) is 88.2 cm³/mol. The van der Waals surface area contributed by atoms with Gasteiger partial charge in [0.1, 0.15) is 6.04 Å². The average molecular weight is 337 g/mol. The van der Waals surface area contributed by atoms with Gasteiger partial charge in [0.2, 0.25) is 0 Å². The molecule has 0 aliphatic carbocycles. The van der Waals surface area contributed by atoms with E-state index >= 15 is 0 Å². The van der Waals surface area contributed by atoms with Crippen LogP contribution in [0.1, 0.15) is 20.8 Å². The second kappa shape index (κ2) is 6.61. The molecule has 0 aliphatic rings. The molecule has 2 aromatic rings. The molecule has 23 heavy (non-hydrogen) atoms. The van der Waals surface area contributed by atoms with E-state index in [9.17, 15) is 13.6 Å². The Morgan fingerprint density at radius 1 is 1.35 bits per heavy atom. The number of anilines is 1. The van der Waals surface area contributed by atoms with Gasteiger partial charge in [0, 0.05) is 11.6 Å². The van der Waals surface area contributed by atoms with Crippen molar-refractivity contribution in [3.05, 3.63) is 36.5 Å². The molecule has 2 unspecified atom stereocenters. The molecule has 0 radical (unpaired) electrons. The summed E-state index contributed by atoms with van der Waals surface area (Å²) in [6.07, 6.45) is 1.65. The van der Waals surface area contributed by atoms with Crippen LogP contribution in [0.4, 0.5) is 5.69 Å². The number of pyridine rings is 1. The standard InChI is InChI=1S/C15H19N3O4S/c1-15(2,3)13(14(19)17-20)18(23(21)22)11-6-7-12-10(9-11)5-4-8-16-12/h4-9,13,20H,1-3H3,(H,17,19)(H,21,22). The van der Waals surface area contributed by atoms with Crippen LogP contribution in [0.3, 0.4) is 0 Å². The van der Waals surface area contributed by atoms with Crippen LogP contribution in [0.15, 0.2) is 36.5 Å². The number of carbonyl (C=O) groups excluding carboxylic acids is 1. The highest BCUT2D eigenvalue weighted by atomic mass is 32.2. The Morgan fingerprint density at radius 3 is 2.61 bits per heavy atom. The molecule has 0 saturated carbocycles. The van der Waals surface area contributed by atoms with Crippen molar-refractivity contribution in [2.24, 2.45) is 5.41 Å². The van der Waals surface area contributed by atoms with Crippen LogP contribution in [0.25, 0.3) is 10.9 Å². The average Bonchev–Trinajstić information content (AvgIpc) is 2.49. The van der Waals surface area contributed by atoms with Crippen LogP contribution in [0.5, 0.6) is 0 Å². The molecule has 0 bridgehead atoms. The van der Waals surface area contributed by atoms with Gasteiger partial charge in [-0.3, -0.25) is 23.8 Å². The Morgan fingerprint density at radius 2 is 2.04 bits per heavy atom. The van der Waals surface area contributed by atoms with Crippen molar-refractivity contribution in [2.75, 3.05) is 4.31 Å². The van der Waals surface area contributed by atoms with Gasteiger partial charge in [-0.05, 0) is 29.7 Å². The molecule has 1 aromatic carbocycles. The third kappa shape index (κ3) is 3.66. The fourth-order valence-corrected chi connectivity index (χ4v) is 3.33. The van der Waals surface area contributed by atoms with Gasteiger partial charge in [-0.25, -0.2) is 9.69 Å². The van der Waals surface area contributed by atoms with Gasteiger partial charge in [-0.15, -0.1) is 0 Å². The van der Waals surface area contributed by atoms with E-state index in [-0.39, 0.29) is 0 Å². The normalized spacial score (nSPS) is 14.3. The molecular weight excluding hydrogens is 318 g/mol. The topological polar surface area (TPSA) is 103 Å². The summed E-state index contributed by atoms with van der Waals surface area (Å²) in [7, 11) is 0. The van der Waals surface area contributed by atoms with Crippen LogP contribution in [-0.2, 0) is 16.1 Å². The van der Waals surface area contributed by atoms with Crippen LogP contribution >= 0.6 is 0 Å². The Hall–Kier alpha value is -2.03. The van der Waals surface area contributed by atoms with Gasteiger partial charge < -0.3 is 0 Å². The predicted octanol–water partition coefficient (Wildman–Crippen LogP) is 2.10. The SMILES string of the molecule is CC(C)(C)C(C(=O)NO)N(c1ccc2ncccc2c1)S(=O)O. The van der Waals surface area contributed by atoms with Gasteiger partial charge in [0.05, 0.1) is 11.2 Å². The summed E-state index contributed by atoms with van der Waals surface area (Å²) < 4.78 is 22.7. The number of hydroxylamine groups is 1. The first kappa shape index (κ1) is 17.3. The highest BCUT2D eigenvalue weighted by molar-refractivity contribution is 7.80. The van der Waals surface area contributed by atoms with Crippen LogP contribution in [-0.4, -0.2) is 30.9 Å². The molecule has 7 nitrogen and oxygen atoms in total. The molecule has 0 saturated heterocycles. The van der Waals surface area contributed by atoms with E-state index in [2.05, 4.69) is 4.98 Å². The van der Waals surface area contributed by atoms with E-state index in [0.717, 1.165) is 15.2 Å². The van der Waals surface area contributed by atoms with Gasteiger partial charge in [0.15, 0.2) is 0 Å². The molecule has 1 heterocycles. The number of carbonyl (C=O) groups is 1. The van der Waals surface area contributed by atoms with Crippen molar-refractivity contribution in [1.29, 1.82) is 0 Å². The van der Waals surface area contributed by atoms with Crippen molar-refractivity contribution in [1.82, 2.24) is 10.5 Å². The van der Waals surface area contributed by atoms with Gasteiger partial charge in [0.25, 0.3) is 17.2 Å². The van der Waals surface area contributed by atoms with E-state index in [4.69, 9.17) is 5.21 Å². The molecule has 0 fully saturated rings. The summed E-state index contributed by atoms with van der Waals surface area (Å²) in [6.45, 7) is 5.24. The fraction of sp³-hybridized carbons (Fsp3) is 0.333. The van der Waals surface area contributed by atoms with E-state index in [1.165, 1.54) is 0 Å². The fourth-order valence-electron chi connectivity index (χ4n) is 2.44. The number of benzene rings is 1. The third-order valence-corrected chi connectivity index (χ3v) is 4.18. The van der Waals surface area contributed by atoms with E-state index in [1.807, 2.05) is 6.07 Å². The van der Waals surface area contributed by atoms with Crippen LogP contribution in [0, 0.1) is 5.41 Å². The largest absolute Gasteiger partial charge is 0.289 e. The molecular formula is C15H19N3O4S. The maximum atomic E-state index is 12.1. The number of fused-ring (bicyclic) bond motifs is 1. The minimum absolute atomic E-state index is 0.384. The van der Waals surface area contributed by atoms with Gasteiger partial charge in [-0.2, -0.15) is 0 Å². The molecule has 0 spiro atoms. The lowest BCUT2D eigenvalue weighted by atomic mass is 9.86. The lowest BCUT2D eigenvalue weighted by Crippen LogP contribution is -2.54. The third-order valence-electron chi connectivity index (χ3n) is 3.42. The number of rotatable bonds is 4. The summed E-state index contributed by atoms with van der Waals surface area (Å²) in [4.78, 5) is 16.3. The van der Waals surface area contributed by atoms with Crippen LogP contribution in [0.2, 0.25) is 0 Å². The van der Waals surface area contributed by atoms with Crippen LogP contribution < -0.4 is 9.79 Å². The number of hydrogen-bond acceptors (Lipinski definition) is 4. The quantitative estimate of drug-likeness (QED) is 0.450. The first-order chi connectivity index (χ1) is 10.8. The summed E-state index contributed by atoms with van der Waals surface area (Å²) in [6, 6.07) is 7.54. The first-order valence-electron chi connectivity index (χ1n) is 6.94. The van der Waals surface area contributed by atoms with E-state index in [0.29, 0.717) is 5.69 Å². The molecule has 2 rings (SSSR count). The number of amides is 1. The minimum atomic E-state index is -2.45. The highest BCUT2D eigenvalue weighted by Gasteiger charge is 2.39. The van der Waals surface area contributed by atoms with E-state index < -0.39 is 28.6 Å². The summed E-state index contributed by atoms with van der Waals surface area (Å²) in [5.74, 6) is -0.758.